The molecule has 1 saturated heterocycles. The monoisotopic (exact) mass is 175 g/mol. The minimum absolute atomic E-state index is 0.103. The van der Waals surface area contributed by atoms with Gasteiger partial charge in [-0.2, -0.15) is 0 Å². The summed E-state index contributed by atoms with van der Waals surface area (Å²) >= 11 is 6.05. The predicted molar refractivity (Wildman–Crippen MR) is 45.7 cm³/mol. The molecule has 0 aliphatic carbocycles. The summed E-state index contributed by atoms with van der Waals surface area (Å²) in [6.45, 7) is 6.42. The molecule has 1 rings (SSSR count). The Labute approximate surface area is 72.5 Å². The maximum atomic E-state index is 11.1. The summed E-state index contributed by atoms with van der Waals surface area (Å²) in [6, 6.07) is 0. The zero-order chi connectivity index (χ0) is 8.65. The Hall–Kier alpha value is -0.240. The van der Waals surface area contributed by atoms with Crippen LogP contribution in [0.5, 0.6) is 0 Å². The fourth-order valence-corrected chi connectivity index (χ4v) is 1.83. The van der Waals surface area contributed by atoms with E-state index in [-0.39, 0.29) is 16.8 Å². The number of likely N-dealkylation sites (tertiary alicyclic amines) is 1. The molecule has 0 aromatic rings. The van der Waals surface area contributed by atoms with Crippen molar-refractivity contribution in [3.05, 3.63) is 0 Å². The lowest BCUT2D eigenvalue weighted by Crippen LogP contribution is -2.45. The van der Waals surface area contributed by atoms with Gasteiger partial charge in [0.1, 0.15) is 0 Å². The normalized spacial score (nSPS) is 29.1. The highest BCUT2D eigenvalue weighted by molar-refractivity contribution is 6.21. The Morgan fingerprint density at radius 2 is 2.18 bits per heavy atom. The molecule has 0 saturated carbocycles. The highest BCUT2D eigenvalue weighted by atomic mass is 35.5. The van der Waals surface area contributed by atoms with Crippen molar-refractivity contribution in [3.63, 3.8) is 0 Å². The fraction of sp³-hybridized carbons (Fsp3) is 0.875. The second-order valence-electron chi connectivity index (χ2n) is 3.58. The quantitative estimate of drug-likeness (QED) is 0.513. The number of nitrogens with zero attached hydrogens (tertiary/aromatic N) is 1. The molecule has 0 N–H and O–H groups in total. The molecule has 0 aromatic heterocycles. The van der Waals surface area contributed by atoms with Crippen LogP contribution in [0.4, 0.5) is 0 Å². The maximum Gasteiger partial charge on any atom is 0.219 e. The predicted octanol–water partition coefficient (Wildman–Crippen LogP) is 1.62. The summed E-state index contributed by atoms with van der Waals surface area (Å²) in [4.78, 5) is 12.9. The first-order valence-corrected chi connectivity index (χ1v) is 4.32. The third-order valence-corrected chi connectivity index (χ3v) is 3.20. The molecule has 0 radical (unpaired) electrons. The summed E-state index contributed by atoms with van der Waals surface area (Å²) in [5, 5.41) is 0.103. The van der Waals surface area contributed by atoms with Crippen LogP contribution in [0.25, 0.3) is 0 Å². The molecule has 0 spiro atoms. The summed E-state index contributed by atoms with van der Waals surface area (Å²) in [5.41, 5.74) is -0.159. The van der Waals surface area contributed by atoms with Crippen LogP contribution < -0.4 is 0 Å². The lowest BCUT2D eigenvalue weighted by molar-refractivity contribution is -0.131. The second kappa shape index (κ2) is 2.67. The minimum atomic E-state index is -0.159. The Kier molecular flexibility index (Phi) is 2.15. The minimum Gasteiger partial charge on any atom is -0.336 e. The van der Waals surface area contributed by atoms with E-state index >= 15 is 0 Å². The summed E-state index contributed by atoms with van der Waals surface area (Å²) < 4.78 is 0. The van der Waals surface area contributed by atoms with Crippen LogP contribution in [0.1, 0.15) is 27.2 Å². The first-order chi connectivity index (χ1) is 4.96. The van der Waals surface area contributed by atoms with E-state index in [9.17, 15) is 4.79 Å². The molecular formula is C8H14ClNO. The molecule has 1 aliphatic heterocycles. The highest BCUT2D eigenvalue weighted by Crippen LogP contribution is 2.32. The summed E-state index contributed by atoms with van der Waals surface area (Å²) in [6.07, 6.45) is 0.911. The van der Waals surface area contributed by atoms with E-state index < -0.39 is 0 Å². The van der Waals surface area contributed by atoms with E-state index in [4.69, 9.17) is 11.6 Å². The van der Waals surface area contributed by atoms with Gasteiger partial charge in [-0.1, -0.05) is 0 Å². The Bertz CT molecular complexity index is 179. The van der Waals surface area contributed by atoms with Crippen LogP contribution >= 0.6 is 11.6 Å². The van der Waals surface area contributed by atoms with Crippen LogP contribution in [-0.2, 0) is 4.79 Å². The van der Waals surface area contributed by atoms with Crippen molar-refractivity contribution in [1.29, 1.82) is 0 Å². The molecule has 64 valence electrons. The number of carbonyl (C=O) groups excluding carboxylic acids is 1. The van der Waals surface area contributed by atoms with Crippen LogP contribution in [0.15, 0.2) is 0 Å². The summed E-state index contributed by atoms with van der Waals surface area (Å²) in [5.74, 6) is 0.123. The van der Waals surface area contributed by atoms with Crippen molar-refractivity contribution < 1.29 is 4.79 Å². The van der Waals surface area contributed by atoms with Gasteiger partial charge in [0, 0.05) is 13.5 Å². The van der Waals surface area contributed by atoms with Gasteiger partial charge in [0.05, 0.1) is 10.9 Å². The molecular weight excluding hydrogens is 162 g/mol. The van der Waals surface area contributed by atoms with Crippen LogP contribution in [-0.4, -0.2) is 28.3 Å². The number of hydrogen-bond acceptors (Lipinski definition) is 1. The van der Waals surface area contributed by atoms with Gasteiger partial charge in [0.2, 0.25) is 5.91 Å². The SMILES string of the molecule is CC(=O)N1CCC(Cl)C1(C)C. The van der Waals surface area contributed by atoms with Gasteiger partial charge in [-0.05, 0) is 20.3 Å². The number of rotatable bonds is 0. The summed E-state index contributed by atoms with van der Waals surface area (Å²) in [7, 11) is 0. The zero-order valence-electron chi connectivity index (χ0n) is 7.22. The average molecular weight is 176 g/mol. The van der Waals surface area contributed by atoms with Crippen LogP contribution in [0.2, 0.25) is 0 Å². The Balaban J connectivity index is 2.78. The average Bonchev–Trinajstić information content (AvgIpc) is 2.08. The number of halogens is 1. The molecule has 1 fully saturated rings. The van der Waals surface area contributed by atoms with Gasteiger partial charge in [-0.3, -0.25) is 4.79 Å². The molecule has 0 aromatic carbocycles. The van der Waals surface area contributed by atoms with E-state index in [1.807, 2.05) is 18.7 Å². The molecule has 1 atom stereocenters. The number of hydrogen-bond donors (Lipinski definition) is 0. The molecule has 1 unspecified atom stereocenters. The van der Waals surface area contributed by atoms with E-state index in [1.54, 1.807) is 6.92 Å². The number of carbonyl (C=O) groups is 1. The van der Waals surface area contributed by atoms with E-state index in [1.165, 1.54) is 0 Å². The molecule has 0 bridgehead atoms. The zero-order valence-corrected chi connectivity index (χ0v) is 7.98. The fourth-order valence-electron chi connectivity index (χ4n) is 1.62. The highest BCUT2D eigenvalue weighted by Gasteiger charge is 2.41. The number of amides is 1. The van der Waals surface area contributed by atoms with Crippen molar-refractivity contribution in [2.24, 2.45) is 0 Å². The van der Waals surface area contributed by atoms with Crippen molar-refractivity contribution in [2.45, 2.75) is 38.1 Å². The topological polar surface area (TPSA) is 20.3 Å². The van der Waals surface area contributed by atoms with E-state index in [2.05, 4.69) is 0 Å². The Morgan fingerprint density at radius 1 is 1.64 bits per heavy atom. The molecule has 1 amide bonds. The second-order valence-corrected chi connectivity index (χ2v) is 4.11. The van der Waals surface area contributed by atoms with Crippen molar-refractivity contribution in [3.8, 4) is 0 Å². The van der Waals surface area contributed by atoms with Gasteiger partial charge in [0.25, 0.3) is 0 Å². The van der Waals surface area contributed by atoms with Gasteiger partial charge < -0.3 is 4.90 Å². The first-order valence-electron chi connectivity index (χ1n) is 3.88. The van der Waals surface area contributed by atoms with E-state index in [0.717, 1.165) is 13.0 Å². The molecule has 1 heterocycles. The lowest BCUT2D eigenvalue weighted by Gasteiger charge is -2.32. The lowest BCUT2D eigenvalue weighted by atomic mass is 10.0. The molecule has 11 heavy (non-hydrogen) atoms. The van der Waals surface area contributed by atoms with Crippen LogP contribution in [0, 0.1) is 0 Å². The van der Waals surface area contributed by atoms with Crippen molar-refractivity contribution in [2.75, 3.05) is 6.54 Å². The first kappa shape index (κ1) is 8.85. The third-order valence-electron chi connectivity index (χ3n) is 2.45. The third kappa shape index (κ3) is 1.36. The van der Waals surface area contributed by atoms with Crippen LogP contribution in [0.3, 0.4) is 0 Å². The smallest absolute Gasteiger partial charge is 0.219 e. The van der Waals surface area contributed by atoms with Gasteiger partial charge in [0.15, 0.2) is 0 Å². The number of alkyl halides is 1. The largest absolute Gasteiger partial charge is 0.336 e. The Morgan fingerprint density at radius 3 is 2.36 bits per heavy atom. The standard InChI is InChI=1S/C8H14ClNO/c1-6(11)10-5-4-7(9)8(10,2)3/h7H,4-5H2,1-3H3. The van der Waals surface area contributed by atoms with Gasteiger partial charge >= 0.3 is 0 Å². The van der Waals surface area contributed by atoms with Crippen molar-refractivity contribution >= 4 is 17.5 Å². The maximum absolute atomic E-state index is 11.1. The van der Waals surface area contributed by atoms with Gasteiger partial charge in [-0.15, -0.1) is 11.6 Å². The van der Waals surface area contributed by atoms with Gasteiger partial charge in [-0.25, -0.2) is 0 Å². The van der Waals surface area contributed by atoms with Crippen molar-refractivity contribution in [1.82, 2.24) is 4.90 Å². The molecule has 2 nitrogen and oxygen atoms in total. The molecule has 3 heteroatoms. The van der Waals surface area contributed by atoms with E-state index in [0.29, 0.717) is 0 Å². The molecule has 1 aliphatic rings.